The van der Waals surface area contributed by atoms with E-state index in [-0.39, 0.29) is 22.9 Å². The molecular weight excluding hydrogens is 588 g/mol. The topological polar surface area (TPSA) is 144 Å². The average molecular weight is 633 g/mol. The molecule has 3 atom stereocenters. The summed E-state index contributed by atoms with van der Waals surface area (Å²) in [5, 5.41) is 10.7. The second-order valence-electron chi connectivity index (χ2n) is 12.1. The first-order valence-corrected chi connectivity index (χ1v) is 16.0. The highest BCUT2D eigenvalue weighted by molar-refractivity contribution is 6.34. The minimum atomic E-state index is -1.86. The summed E-state index contributed by atoms with van der Waals surface area (Å²) < 4.78 is 10.6. The predicted octanol–water partition coefficient (Wildman–Crippen LogP) is 6.91. The van der Waals surface area contributed by atoms with Crippen LogP contribution >= 0.6 is 11.6 Å². The summed E-state index contributed by atoms with van der Waals surface area (Å²) in [6.45, 7) is 8.56. The van der Waals surface area contributed by atoms with E-state index in [4.69, 9.17) is 21.1 Å². The standard InChI is InChI=1S/C32H45ClN4O7/c1-6-7-8-9-10-11-12-13-14-15-18-43-29(40)22-16-17-23(33)24(19-22)34-28(39)26(27(38)25-20(2)35-36-21(25)3)37-30(41)32(4,5)44-31(37)42/h16-17,19-21,25-26H,6-15,18H2,1-5H3,(H,34,39). The van der Waals surface area contributed by atoms with Gasteiger partial charge >= 0.3 is 12.1 Å². The highest BCUT2D eigenvalue weighted by Gasteiger charge is 2.56. The van der Waals surface area contributed by atoms with Gasteiger partial charge in [-0.3, -0.25) is 14.4 Å². The van der Waals surface area contributed by atoms with E-state index in [0.29, 0.717) is 4.90 Å². The molecule has 0 aliphatic carbocycles. The first-order chi connectivity index (χ1) is 20.9. The molecule has 0 aromatic heterocycles. The van der Waals surface area contributed by atoms with Crippen molar-refractivity contribution in [2.75, 3.05) is 11.9 Å². The molecular formula is C32H45ClN4O7. The summed E-state index contributed by atoms with van der Waals surface area (Å²) >= 11 is 6.33. The number of nitrogens with one attached hydrogen (secondary N) is 1. The van der Waals surface area contributed by atoms with Gasteiger partial charge in [0, 0.05) is 0 Å². The third kappa shape index (κ3) is 8.86. The van der Waals surface area contributed by atoms with Crippen LogP contribution in [0.25, 0.3) is 0 Å². The number of hydrogen-bond acceptors (Lipinski definition) is 9. The van der Waals surface area contributed by atoms with Crippen molar-refractivity contribution in [3.8, 4) is 0 Å². The lowest BCUT2D eigenvalue weighted by Crippen LogP contribution is -2.56. The van der Waals surface area contributed by atoms with Gasteiger partial charge in [-0.1, -0.05) is 76.3 Å². The van der Waals surface area contributed by atoms with Crippen molar-refractivity contribution in [3.05, 3.63) is 28.8 Å². The molecule has 3 amide bonds. The van der Waals surface area contributed by atoms with Crippen LogP contribution in [0, 0.1) is 5.92 Å². The van der Waals surface area contributed by atoms with E-state index in [1.807, 2.05) is 0 Å². The Bertz CT molecular complexity index is 1240. The molecule has 1 fully saturated rings. The molecule has 1 N–H and O–H groups in total. The maximum absolute atomic E-state index is 13.7. The van der Waals surface area contributed by atoms with Crippen LogP contribution in [0.5, 0.6) is 0 Å². The van der Waals surface area contributed by atoms with Crippen LogP contribution in [0.15, 0.2) is 28.4 Å². The molecule has 0 saturated carbocycles. The molecule has 0 radical (unpaired) electrons. The summed E-state index contributed by atoms with van der Waals surface area (Å²) in [4.78, 5) is 66.5. The maximum atomic E-state index is 13.7. The number of Topliss-reactive ketones (excluding diaryl/α,β-unsaturated/α-hetero) is 1. The zero-order valence-electron chi connectivity index (χ0n) is 26.4. The van der Waals surface area contributed by atoms with Gasteiger partial charge in [-0.05, 0) is 52.3 Å². The molecule has 11 nitrogen and oxygen atoms in total. The fourth-order valence-corrected chi connectivity index (χ4v) is 5.65. The molecule has 44 heavy (non-hydrogen) atoms. The number of ketones is 1. The van der Waals surface area contributed by atoms with E-state index in [1.54, 1.807) is 13.8 Å². The number of rotatable bonds is 17. The van der Waals surface area contributed by atoms with E-state index < -0.39 is 59.3 Å². The summed E-state index contributed by atoms with van der Waals surface area (Å²) in [5.41, 5.74) is -1.40. The molecule has 242 valence electrons. The third-order valence-electron chi connectivity index (χ3n) is 8.04. The van der Waals surface area contributed by atoms with Gasteiger partial charge in [0.15, 0.2) is 17.4 Å². The molecule has 2 aliphatic rings. The minimum Gasteiger partial charge on any atom is -0.462 e. The van der Waals surface area contributed by atoms with Crippen molar-refractivity contribution < 1.29 is 33.4 Å². The number of azo groups is 1. The fourth-order valence-electron chi connectivity index (χ4n) is 5.48. The Morgan fingerprint density at radius 3 is 2.09 bits per heavy atom. The van der Waals surface area contributed by atoms with Crippen molar-refractivity contribution in [3.63, 3.8) is 0 Å². The Morgan fingerprint density at radius 2 is 1.55 bits per heavy atom. The Hall–Kier alpha value is -3.34. The van der Waals surface area contributed by atoms with Crippen molar-refractivity contribution in [1.29, 1.82) is 0 Å². The molecule has 1 aromatic carbocycles. The number of carbonyl (C=O) groups excluding carboxylic acids is 5. The Kier molecular flexibility index (Phi) is 12.9. The predicted molar refractivity (Wildman–Crippen MR) is 166 cm³/mol. The van der Waals surface area contributed by atoms with Crippen LogP contribution in [-0.4, -0.2) is 64.9 Å². The SMILES string of the molecule is CCCCCCCCCCCCOC(=O)c1ccc(Cl)c(NC(=O)C(C(=O)C2C(C)N=NC2C)N2C(=O)OC(C)(C)C2=O)c1. The molecule has 3 rings (SSSR count). The quantitative estimate of drug-likeness (QED) is 0.112. The number of carbonyl (C=O) groups is 5. The molecule has 12 heteroatoms. The van der Waals surface area contributed by atoms with E-state index in [1.165, 1.54) is 77.0 Å². The number of imide groups is 1. The zero-order chi connectivity index (χ0) is 32.4. The van der Waals surface area contributed by atoms with Gasteiger partial charge in [0.1, 0.15) is 0 Å². The lowest BCUT2D eigenvalue weighted by atomic mass is 9.86. The number of nitrogens with zero attached hydrogens (tertiary/aromatic N) is 3. The van der Waals surface area contributed by atoms with Crippen LogP contribution in [-0.2, 0) is 23.9 Å². The van der Waals surface area contributed by atoms with Crippen LogP contribution in [0.3, 0.4) is 0 Å². The van der Waals surface area contributed by atoms with E-state index in [2.05, 4.69) is 22.5 Å². The minimum absolute atomic E-state index is 0.0176. The largest absolute Gasteiger partial charge is 0.462 e. The number of benzene rings is 1. The highest BCUT2D eigenvalue weighted by atomic mass is 35.5. The second kappa shape index (κ2) is 16.1. The molecule has 2 aliphatic heterocycles. The van der Waals surface area contributed by atoms with Gasteiger partial charge in [0.2, 0.25) is 0 Å². The average Bonchev–Trinajstić information content (AvgIpc) is 3.41. The number of halogens is 1. The fraction of sp³-hybridized carbons (Fsp3) is 0.656. The number of esters is 1. The number of unbranched alkanes of at least 4 members (excludes halogenated alkanes) is 9. The first-order valence-electron chi connectivity index (χ1n) is 15.7. The Morgan fingerprint density at radius 1 is 0.977 bits per heavy atom. The van der Waals surface area contributed by atoms with Crippen molar-refractivity contribution in [2.24, 2.45) is 16.1 Å². The lowest BCUT2D eigenvalue weighted by molar-refractivity contribution is -0.144. The van der Waals surface area contributed by atoms with Gasteiger partial charge in [-0.15, -0.1) is 0 Å². The Balaban J connectivity index is 1.63. The van der Waals surface area contributed by atoms with E-state index in [0.717, 1.165) is 19.3 Å². The van der Waals surface area contributed by atoms with Gasteiger partial charge in [-0.2, -0.15) is 10.2 Å². The number of anilines is 1. The van der Waals surface area contributed by atoms with Crippen LogP contribution in [0.4, 0.5) is 10.5 Å². The summed E-state index contributed by atoms with van der Waals surface area (Å²) in [5.74, 6) is -3.96. The first kappa shape index (κ1) is 35.1. The van der Waals surface area contributed by atoms with Crippen LogP contribution in [0.2, 0.25) is 5.02 Å². The molecule has 1 aromatic rings. The number of ether oxygens (including phenoxy) is 2. The van der Waals surface area contributed by atoms with Crippen LogP contribution in [0.1, 0.15) is 109 Å². The number of cyclic esters (lactones) is 1. The molecule has 0 spiro atoms. The molecule has 0 bridgehead atoms. The Labute approximate surface area is 264 Å². The van der Waals surface area contributed by atoms with Crippen molar-refractivity contribution >= 4 is 46.9 Å². The lowest BCUT2D eigenvalue weighted by Gasteiger charge is -2.27. The summed E-state index contributed by atoms with van der Waals surface area (Å²) in [6.07, 6.45) is 10.5. The van der Waals surface area contributed by atoms with Crippen LogP contribution < -0.4 is 5.32 Å². The van der Waals surface area contributed by atoms with Gasteiger partial charge < -0.3 is 14.8 Å². The smallest absolute Gasteiger partial charge is 0.418 e. The van der Waals surface area contributed by atoms with Gasteiger partial charge in [0.05, 0.1) is 40.9 Å². The van der Waals surface area contributed by atoms with Gasteiger partial charge in [0.25, 0.3) is 11.8 Å². The zero-order valence-corrected chi connectivity index (χ0v) is 27.2. The normalized spacial score (nSPS) is 21.3. The van der Waals surface area contributed by atoms with Crippen molar-refractivity contribution in [1.82, 2.24) is 4.90 Å². The highest BCUT2D eigenvalue weighted by Crippen LogP contribution is 2.32. The summed E-state index contributed by atoms with van der Waals surface area (Å²) in [6, 6.07) is 1.23. The number of amides is 3. The number of hydrogen-bond donors (Lipinski definition) is 1. The van der Waals surface area contributed by atoms with E-state index in [9.17, 15) is 24.0 Å². The van der Waals surface area contributed by atoms with Crippen molar-refractivity contribution in [2.45, 2.75) is 123 Å². The van der Waals surface area contributed by atoms with E-state index >= 15 is 0 Å². The monoisotopic (exact) mass is 632 g/mol. The summed E-state index contributed by atoms with van der Waals surface area (Å²) in [7, 11) is 0. The molecule has 3 unspecified atom stereocenters. The molecule has 1 saturated heterocycles. The maximum Gasteiger partial charge on any atom is 0.418 e. The third-order valence-corrected chi connectivity index (χ3v) is 8.37. The van der Waals surface area contributed by atoms with Gasteiger partial charge in [-0.25, -0.2) is 14.5 Å². The molecule has 2 heterocycles. The second-order valence-corrected chi connectivity index (χ2v) is 12.5.